The number of methoxy groups -OCH3 is 1. The Kier molecular flexibility index (Phi) is 5.16. The molecule has 118 valence electrons. The van der Waals surface area contributed by atoms with Crippen molar-refractivity contribution in [1.82, 2.24) is 15.0 Å². The van der Waals surface area contributed by atoms with Crippen LogP contribution >= 0.6 is 0 Å². The van der Waals surface area contributed by atoms with Gasteiger partial charge < -0.3 is 15.4 Å². The summed E-state index contributed by atoms with van der Waals surface area (Å²) in [6.45, 7) is 3.33. The molecule has 8 nitrogen and oxygen atoms in total. The second kappa shape index (κ2) is 6.88. The Labute approximate surface area is 124 Å². The normalized spacial score (nSPS) is 20.2. The zero-order valence-corrected chi connectivity index (χ0v) is 13.1. The molecule has 1 unspecified atom stereocenters. The van der Waals surface area contributed by atoms with E-state index in [4.69, 9.17) is 4.74 Å². The molecule has 1 saturated heterocycles. The van der Waals surface area contributed by atoms with E-state index in [1.54, 1.807) is 0 Å². The summed E-state index contributed by atoms with van der Waals surface area (Å²) in [4.78, 5) is 12.5. The highest BCUT2D eigenvalue weighted by Gasteiger charge is 2.27. The molecule has 1 aromatic heterocycles. The van der Waals surface area contributed by atoms with Gasteiger partial charge >= 0.3 is 6.01 Å². The molecule has 0 amide bonds. The van der Waals surface area contributed by atoms with Gasteiger partial charge in [0.05, 0.1) is 18.6 Å². The second-order valence-electron chi connectivity index (χ2n) is 5.05. The molecule has 0 radical (unpaired) electrons. The van der Waals surface area contributed by atoms with Gasteiger partial charge in [0, 0.05) is 13.1 Å². The molecule has 2 rings (SSSR count). The van der Waals surface area contributed by atoms with E-state index in [9.17, 15) is 8.42 Å². The highest BCUT2D eigenvalue weighted by molar-refractivity contribution is 7.91. The molecule has 21 heavy (non-hydrogen) atoms. The molecule has 9 heteroatoms. The summed E-state index contributed by atoms with van der Waals surface area (Å²) < 4.78 is 27.9. The van der Waals surface area contributed by atoms with E-state index >= 15 is 0 Å². The fraction of sp³-hybridized carbons (Fsp3) is 0.750. The maximum atomic E-state index is 11.4. The minimum atomic E-state index is -2.86. The third-order valence-electron chi connectivity index (χ3n) is 3.21. The van der Waals surface area contributed by atoms with Gasteiger partial charge in [-0.15, -0.1) is 0 Å². The van der Waals surface area contributed by atoms with Crippen LogP contribution in [-0.4, -0.2) is 55.1 Å². The highest BCUT2D eigenvalue weighted by atomic mass is 32.2. The fourth-order valence-corrected chi connectivity index (χ4v) is 3.97. The Balaban J connectivity index is 1.98. The number of anilines is 2. The van der Waals surface area contributed by atoms with Crippen molar-refractivity contribution < 1.29 is 13.2 Å². The van der Waals surface area contributed by atoms with E-state index in [2.05, 4.69) is 25.6 Å². The molecule has 2 heterocycles. The molecule has 1 aliphatic heterocycles. The summed E-state index contributed by atoms with van der Waals surface area (Å²) in [5, 5.41) is 6.14. The zero-order valence-electron chi connectivity index (χ0n) is 12.3. The van der Waals surface area contributed by atoms with Crippen molar-refractivity contribution in [2.24, 2.45) is 5.92 Å². The first-order valence-electron chi connectivity index (χ1n) is 7.00. The lowest BCUT2D eigenvalue weighted by atomic mass is 10.1. The predicted octanol–water partition coefficient (Wildman–Crippen LogP) is 0.549. The Bertz CT molecular complexity index is 578. The number of nitrogens with one attached hydrogen (secondary N) is 2. The molecule has 1 fully saturated rings. The molecular formula is C12H21N5O3S. The third kappa shape index (κ3) is 4.69. The first-order chi connectivity index (χ1) is 10.0. The van der Waals surface area contributed by atoms with Crippen LogP contribution in [0.5, 0.6) is 6.01 Å². The monoisotopic (exact) mass is 315 g/mol. The number of aromatic nitrogens is 3. The largest absolute Gasteiger partial charge is 0.467 e. The summed E-state index contributed by atoms with van der Waals surface area (Å²) in [7, 11) is -1.37. The van der Waals surface area contributed by atoms with E-state index in [-0.39, 0.29) is 23.4 Å². The summed E-state index contributed by atoms with van der Waals surface area (Å²) >= 11 is 0. The van der Waals surface area contributed by atoms with Crippen molar-refractivity contribution in [2.45, 2.75) is 19.8 Å². The van der Waals surface area contributed by atoms with Crippen molar-refractivity contribution in [1.29, 1.82) is 0 Å². The maximum absolute atomic E-state index is 11.4. The van der Waals surface area contributed by atoms with Crippen LogP contribution in [0.25, 0.3) is 0 Å². The van der Waals surface area contributed by atoms with Crippen LogP contribution in [0.2, 0.25) is 0 Å². The van der Waals surface area contributed by atoms with E-state index in [0.29, 0.717) is 24.9 Å². The first kappa shape index (κ1) is 15.7. The Morgan fingerprint density at radius 1 is 1.24 bits per heavy atom. The number of hydrogen-bond donors (Lipinski definition) is 2. The van der Waals surface area contributed by atoms with Crippen LogP contribution < -0.4 is 15.4 Å². The lowest BCUT2D eigenvalue weighted by molar-refractivity contribution is 0.379. The molecule has 0 spiro atoms. The number of nitrogens with zero attached hydrogens (tertiary/aromatic N) is 3. The lowest BCUT2D eigenvalue weighted by Gasteiger charge is -2.11. The summed E-state index contributed by atoms with van der Waals surface area (Å²) in [5.74, 6) is 1.44. The molecular weight excluding hydrogens is 294 g/mol. The van der Waals surface area contributed by atoms with Gasteiger partial charge in [0.25, 0.3) is 0 Å². The quantitative estimate of drug-likeness (QED) is 0.751. The Hall–Kier alpha value is -1.64. The van der Waals surface area contributed by atoms with Crippen molar-refractivity contribution in [3.63, 3.8) is 0 Å². The van der Waals surface area contributed by atoms with Crippen LogP contribution in [0.15, 0.2) is 0 Å². The van der Waals surface area contributed by atoms with Gasteiger partial charge in [-0.3, -0.25) is 0 Å². The molecule has 0 saturated carbocycles. The average molecular weight is 315 g/mol. The van der Waals surface area contributed by atoms with Gasteiger partial charge in [-0.25, -0.2) is 8.42 Å². The van der Waals surface area contributed by atoms with Crippen LogP contribution in [-0.2, 0) is 9.84 Å². The van der Waals surface area contributed by atoms with Gasteiger partial charge in [-0.1, -0.05) is 6.92 Å². The topological polar surface area (TPSA) is 106 Å². The minimum absolute atomic E-state index is 0.102. The van der Waals surface area contributed by atoms with Crippen LogP contribution in [0.4, 0.5) is 11.9 Å². The van der Waals surface area contributed by atoms with E-state index in [1.165, 1.54) is 7.11 Å². The van der Waals surface area contributed by atoms with Gasteiger partial charge in [-0.2, -0.15) is 15.0 Å². The first-order valence-corrected chi connectivity index (χ1v) is 8.83. The molecule has 1 aliphatic rings. The van der Waals surface area contributed by atoms with Crippen LogP contribution in [0, 0.1) is 5.92 Å². The second-order valence-corrected chi connectivity index (χ2v) is 7.27. The predicted molar refractivity (Wildman–Crippen MR) is 80.4 cm³/mol. The van der Waals surface area contributed by atoms with E-state index < -0.39 is 9.84 Å². The molecule has 0 aromatic carbocycles. The molecule has 2 N–H and O–H groups in total. The minimum Gasteiger partial charge on any atom is -0.467 e. The standard InChI is InChI=1S/C12H21N5O3S/c1-3-5-13-10-15-11(17-12(16-10)20-2)14-7-9-4-6-21(18,19)8-9/h9H,3-8H2,1-2H3,(H2,13,14,15,16,17). The number of sulfone groups is 1. The van der Waals surface area contributed by atoms with Crippen molar-refractivity contribution in [3.8, 4) is 6.01 Å². The molecule has 0 aliphatic carbocycles. The van der Waals surface area contributed by atoms with Crippen molar-refractivity contribution >= 4 is 21.7 Å². The summed E-state index contributed by atoms with van der Waals surface area (Å²) in [6, 6.07) is 0.227. The highest BCUT2D eigenvalue weighted by Crippen LogP contribution is 2.19. The summed E-state index contributed by atoms with van der Waals surface area (Å²) in [6.07, 6.45) is 1.63. The van der Waals surface area contributed by atoms with Crippen molar-refractivity contribution in [3.05, 3.63) is 0 Å². The molecule has 0 bridgehead atoms. The van der Waals surface area contributed by atoms with Crippen LogP contribution in [0.1, 0.15) is 19.8 Å². The molecule has 1 aromatic rings. The SMILES string of the molecule is CCCNc1nc(NCC2CCS(=O)(=O)C2)nc(OC)n1. The Morgan fingerprint density at radius 2 is 1.95 bits per heavy atom. The Morgan fingerprint density at radius 3 is 2.52 bits per heavy atom. The number of hydrogen-bond acceptors (Lipinski definition) is 8. The zero-order chi connectivity index (χ0) is 15.3. The van der Waals surface area contributed by atoms with E-state index in [1.807, 2.05) is 6.92 Å². The molecule has 1 atom stereocenters. The number of ether oxygens (including phenoxy) is 1. The number of rotatable bonds is 7. The average Bonchev–Trinajstić information content (AvgIpc) is 2.82. The van der Waals surface area contributed by atoms with Crippen LogP contribution in [0.3, 0.4) is 0 Å². The van der Waals surface area contributed by atoms with Gasteiger partial charge in [0.1, 0.15) is 0 Å². The maximum Gasteiger partial charge on any atom is 0.322 e. The van der Waals surface area contributed by atoms with Gasteiger partial charge in [0.2, 0.25) is 11.9 Å². The van der Waals surface area contributed by atoms with Crippen molar-refractivity contribution in [2.75, 3.05) is 42.3 Å². The van der Waals surface area contributed by atoms with Gasteiger partial charge in [0.15, 0.2) is 9.84 Å². The summed E-state index contributed by atoms with van der Waals surface area (Å²) in [5.41, 5.74) is 0. The fourth-order valence-electron chi connectivity index (χ4n) is 2.11. The van der Waals surface area contributed by atoms with Gasteiger partial charge in [-0.05, 0) is 18.8 Å². The third-order valence-corrected chi connectivity index (χ3v) is 5.04. The lowest BCUT2D eigenvalue weighted by Crippen LogP contribution is -2.18. The smallest absolute Gasteiger partial charge is 0.322 e. The van der Waals surface area contributed by atoms with E-state index in [0.717, 1.165) is 13.0 Å².